The van der Waals surface area contributed by atoms with Crippen LogP contribution in [0.5, 0.6) is 0 Å². The zero-order valence-electron chi connectivity index (χ0n) is 15.0. The number of hydrogen-bond acceptors (Lipinski definition) is 4. The summed E-state index contributed by atoms with van der Waals surface area (Å²) in [4.78, 5) is 25.8. The second-order valence-corrected chi connectivity index (χ2v) is 6.76. The highest BCUT2D eigenvalue weighted by molar-refractivity contribution is 6.01. The fraction of sp³-hybridized carbons (Fsp3) is 0.474. The molecule has 1 aromatic carbocycles. The van der Waals surface area contributed by atoms with Gasteiger partial charge in [0.1, 0.15) is 5.58 Å². The molecule has 1 fully saturated rings. The third-order valence-electron chi connectivity index (χ3n) is 5.06. The molecule has 6 nitrogen and oxygen atoms in total. The monoisotopic (exact) mass is 345 g/mol. The number of carboxylic acids is 1. The second kappa shape index (κ2) is 6.52. The van der Waals surface area contributed by atoms with Crippen LogP contribution >= 0.6 is 0 Å². The quantitative estimate of drug-likeness (QED) is 0.921. The molecule has 2 heterocycles. The zero-order chi connectivity index (χ0) is 18.3. The molecular formula is C19H23NO5. The summed E-state index contributed by atoms with van der Waals surface area (Å²) in [5, 5.41) is 10.1. The maximum absolute atomic E-state index is 13.1. The van der Waals surface area contributed by atoms with Crippen LogP contribution in [0.3, 0.4) is 0 Å². The predicted octanol–water partition coefficient (Wildman–Crippen LogP) is 3.06. The van der Waals surface area contributed by atoms with Crippen LogP contribution < -0.4 is 0 Å². The molecule has 6 heteroatoms. The summed E-state index contributed by atoms with van der Waals surface area (Å²) < 4.78 is 11.3. The van der Waals surface area contributed by atoms with Crippen molar-refractivity contribution in [1.29, 1.82) is 0 Å². The number of carboxylic acid groups (broad SMARTS) is 1. The molecule has 134 valence electrons. The van der Waals surface area contributed by atoms with E-state index in [-0.39, 0.29) is 24.5 Å². The lowest BCUT2D eigenvalue weighted by molar-refractivity contribution is -0.138. The van der Waals surface area contributed by atoms with E-state index in [2.05, 4.69) is 0 Å². The fourth-order valence-corrected chi connectivity index (χ4v) is 3.70. The van der Waals surface area contributed by atoms with Crippen molar-refractivity contribution in [3.8, 4) is 0 Å². The number of amides is 1. The Morgan fingerprint density at radius 2 is 1.96 bits per heavy atom. The standard InChI is InChI=1S/C19H23NO5/c1-10-5-6-11(2)17-16(10)12(3)18(25-17)19(23)20-9-14(24-4)7-13(20)8-15(21)22/h5-6,13-14H,7-9H2,1-4H3,(H,21,22). The molecular weight excluding hydrogens is 322 g/mol. The number of aryl methyl sites for hydroxylation is 3. The van der Waals surface area contributed by atoms with Crippen LogP contribution in [-0.4, -0.2) is 47.7 Å². The van der Waals surface area contributed by atoms with E-state index in [0.717, 1.165) is 27.7 Å². The van der Waals surface area contributed by atoms with Gasteiger partial charge in [0.05, 0.1) is 12.5 Å². The van der Waals surface area contributed by atoms with Crippen molar-refractivity contribution in [2.24, 2.45) is 0 Å². The van der Waals surface area contributed by atoms with Gasteiger partial charge in [-0.15, -0.1) is 0 Å². The van der Waals surface area contributed by atoms with Crippen LogP contribution in [0.15, 0.2) is 16.5 Å². The first-order valence-corrected chi connectivity index (χ1v) is 8.38. The highest BCUT2D eigenvalue weighted by atomic mass is 16.5. The number of fused-ring (bicyclic) bond motifs is 1. The minimum Gasteiger partial charge on any atom is -0.481 e. The van der Waals surface area contributed by atoms with Gasteiger partial charge in [-0.1, -0.05) is 12.1 Å². The first-order valence-electron chi connectivity index (χ1n) is 8.38. The van der Waals surface area contributed by atoms with Gasteiger partial charge in [-0.3, -0.25) is 9.59 Å². The lowest BCUT2D eigenvalue weighted by Crippen LogP contribution is -2.37. The van der Waals surface area contributed by atoms with Crippen molar-refractivity contribution in [2.75, 3.05) is 13.7 Å². The molecule has 0 spiro atoms. The first kappa shape index (κ1) is 17.5. The molecule has 2 atom stereocenters. The Morgan fingerprint density at radius 3 is 2.56 bits per heavy atom. The van der Waals surface area contributed by atoms with Crippen molar-refractivity contribution >= 4 is 22.8 Å². The van der Waals surface area contributed by atoms with E-state index in [1.807, 2.05) is 32.9 Å². The molecule has 2 aromatic rings. The van der Waals surface area contributed by atoms with Crippen LogP contribution in [0, 0.1) is 20.8 Å². The molecule has 1 aliphatic heterocycles. The maximum atomic E-state index is 13.1. The third kappa shape index (κ3) is 3.02. The van der Waals surface area contributed by atoms with Gasteiger partial charge in [-0.05, 0) is 38.3 Å². The summed E-state index contributed by atoms with van der Waals surface area (Å²) in [6, 6.07) is 3.60. The Balaban J connectivity index is 2.01. The summed E-state index contributed by atoms with van der Waals surface area (Å²) in [7, 11) is 1.58. The van der Waals surface area contributed by atoms with Crippen LogP contribution in [0.4, 0.5) is 0 Å². The van der Waals surface area contributed by atoms with E-state index < -0.39 is 5.97 Å². The first-order chi connectivity index (χ1) is 11.8. The van der Waals surface area contributed by atoms with Crippen LogP contribution in [0.2, 0.25) is 0 Å². The number of ether oxygens (including phenoxy) is 1. The summed E-state index contributed by atoms with van der Waals surface area (Å²) >= 11 is 0. The number of benzene rings is 1. The highest BCUT2D eigenvalue weighted by Crippen LogP contribution is 2.33. The molecule has 0 radical (unpaired) electrons. The Morgan fingerprint density at radius 1 is 1.28 bits per heavy atom. The van der Waals surface area contributed by atoms with Crippen molar-refractivity contribution in [3.05, 3.63) is 34.6 Å². The average Bonchev–Trinajstić information content (AvgIpc) is 3.12. The van der Waals surface area contributed by atoms with E-state index in [1.54, 1.807) is 12.0 Å². The minimum atomic E-state index is -0.924. The van der Waals surface area contributed by atoms with Gasteiger partial charge in [0.15, 0.2) is 5.76 Å². The van der Waals surface area contributed by atoms with Crippen molar-refractivity contribution in [3.63, 3.8) is 0 Å². The topological polar surface area (TPSA) is 80.0 Å². The fourth-order valence-electron chi connectivity index (χ4n) is 3.70. The van der Waals surface area contributed by atoms with E-state index in [9.17, 15) is 9.59 Å². The molecule has 1 saturated heterocycles. The summed E-state index contributed by atoms with van der Waals surface area (Å²) in [5.74, 6) is -0.898. The SMILES string of the molecule is COC1CC(CC(=O)O)N(C(=O)c2oc3c(C)ccc(C)c3c2C)C1. The van der Waals surface area contributed by atoms with Gasteiger partial charge in [0, 0.05) is 30.6 Å². The second-order valence-electron chi connectivity index (χ2n) is 6.76. The number of aliphatic carboxylic acids is 1. The summed E-state index contributed by atoms with van der Waals surface area (Å²) in [6.07, 6.45) is 0.274. The lowest BCUT2D eigenvalue weighted by Gasteiger charge is -2.22. The van der Waals surface area contributed by atoms with Crippen molar-refractivity contribution in [1.82, 2.24) is 4.90 Å². The van der Waals surface area contributed by atoms with Crippen molar-refractivity contribution < 1.29 is 23.8 Å². The lowest BCUT2D eigenvalue weighted by atomic mass is 10.0. The zero-order valence-corrected chi connectivity index (χ0v) is 15.0. The Labute approximate surface area is 146 Å². The average molecular weight is 345 g/mol. The number of carbonyl (C=O) groups excluding carboxylic acids is 1. The van der Waals surface area contributed by atoms with Gasteiger partial charge in [-0.2, -0.15) is 0 Å². The number of rotatable bonds is 4. The summed E-state index contributed by atoms with van der Waals surface area (Å²) in [5.41, 5.74) is 3.55. The number of nitrogens with zero attached hydrogens (tertiary/aromatic N) is 1. The maximum Gasteiger partial charge on any atom is 0.305 e. The van der Waals surface area contributed by atoms with Gasteiger partial charge in [0.25, 0.3) is 5.91 Å². The largest absolute Gasteiger partial charge is 0.481 e. The Bertz CT molecular complexity index is 838. The Kier molecular flexibility index (Phi) is 4.56. The van der Waals surface area contributed by atoms with E-state index in [4.69, 9.17) is 14.3 Å². The van der Waals surface area contributed by atoms with Crippen LogP contribution in [0.1, 0.15) is 40.1 Å². The number of furan rings is 1. The van der Waals surface area contributed by atoms with Gasteiger partial charge >= 0.3 is 5.97 Å². The van der Waals surface area contributed by atoms with Crippen LogP contribution in [-0.2, 0) is 9.53 Å². The molecule has 1 aliphatic rings. The molecule has 1 amide bonds. The van der Waals surface area contributed by atoms with E-state index >= 15 is 0 Å². The number of methoxy groups -OCH3 is 1. The van der Waals surface area contributed by atoms with E-state index in [0.29, 0.717) is 18.7 Å². The molecule has 25 heavy (non-hydrogen) atoms. The molecule has 1 aromatic heterocycles. The number of likely N-dealkylation sites (tertiary alicyclic amines) is 1. The summed E-state index contributed by atoms with van der Waals surface area (Å²) in [6.45, 7) is 6.19. The minimum absolute atomic E-state index is 0.0943. The molecule has 0 bridgehead atoms. The molecule has 1 N–H and O–H groups in total. The normalized spacial score (nSPS) is 20.4. The third-order valence-corrected chi connectivity index (χ3v) is 5.06. The van der Waals surface area contributed by atoms with Crippen LogP contribution in [0.25, 0.3) is 11.0 Å². The smallest absolute Gasteiger partial charge is 0.305 e. The van der Waals surface area contributed by atoms with E-state index in [1.165, 1.54) is 0 Å². The molecule has 0 saturated carbocycles. The van der Waals surface area contributed by atoms with Gasteiger partial charge in [-0.25, -0.2) is 0 Å². The molecule has 3 rings (SSSR count). The highest BCUT2D eigenvalue weighted by Gasteiger charge is 2.38. The molecule has 0 aliphatic carbocycles. The van der Waals surface area contributed by atoms with Crippen molar-refractivity contribution in [2.45, 2.75) is 45.8 Å². The van der Waals surface area contributed by atoms with Gasteiger partial charge < -0.3 is 19.2 Å². The van der Waals surface area contributed by atoms with Gasteiger partial charge in [0.2, 0.25) is 0 Å². The Hall–Kier alpha value is -2.34. The predicted molar refractivity (Wildman–Crippen MR) is 92.9 cm³/mol. The number of hydrogen-bond donors (Lipinski definition) is 1. The number of carbonyl (C=O) groups is 2. The molecule has 2 unspecified atom stereocenters.